The van der Waals surface area contributed by atoms with Gasteiger partial charge in [0.2, 0.25) is 5.95 Å². The van der Waals surface area contributed by atoms with Crippen molar-refractivity contribution in [1.82, 2.24) is 14.6 Å². The zero-order valence-corrected chi connectivity index (χ0v) is 9.32. The summed E-state index contributed by atoms with van der Waals surface area (Å²) >= 11 is 0. The van der Waals surface area contributed by atoms with Crippen molar-refractivity contribution in [3.8, 4) is 0 Å². The average molecular weight is 241 g/mol. The molecular formula is C10H13F2N5. The maximum atomic E-state index is 12.9. The average Bonchev–Trinajstić information content (AvgIpc) is 2.71. The second-order valence-corrected chi connectivity index (χ2v) is 3.79. The van der Waals surface area contributed by atoms with Gasteiger partial charge in [-0.05, 0) is 19.1 Å². The van der Waals surface area contributed by atoms with Crippen molar-refractivity contribution in [2.24, 2.45) is 5.73 Å². The molecule has 0 saturated heterocycles. The fraction of sp³-hybridized carbons (Fsp3) is 0.400. The van der Waals surface area contributed by atoms with Gasteiger partial charge in [-0.15, -0.1) is 5.10 Å². The third kappa shape index (κ3) is 2.50. The van der Waals surface area contributed by atoms with Gasteiger partial charge in [-0.25, -0.2) is 13.3 Å². The summed E-state index contributed by atoms with van der Waals surface area (Å²) in [5, 5.41) is 6.55. The van der Waals surface area contributed by atoms with Crippen molar-refractivity contribution in [2.45, 2.75) is 12.8 Å². The van der Waals surface area contributed by atoms with Crippen molar-refractivity contribution < 1.29 is 8.78 Å². The molecular weight excluding hydrogens is 228 g/mol. The summed E-state index contributed by atoms with van der Waals surface area (Å²) in [5.74, 6) is -2.78. The lowest BCUT2D eigenvalue weighted by Crippen LogP contribution is -2.35. The Labute approximate surface area is 96.6 Å². The summed E-state index contributed by atoms with van der Waals surface area (Å²) in [7, 11) is 0. The van der Waals surface area contributed by atoms with Crippen molar-refractivity contribution in [3.05, 3.63) is 23.9 Å². The molecule has 2 aromatic rings. The molecule has 3 N–H and O–H groups in total. The van der Waals surface area contributed by atoms with Gasteiger partial charge in [-0.2, -0.15) is 4.98 Å². The van der Waals surface area contributed by atoms with Crippen LogP contribution >= 0.6 is 0 Å². The lowest BCUT2D eigenvalue weighted by atomic mass is 10.3. The first-order chi connectivity index (χ1) is 8.02. The van der Waals surface area contributed by atoms with Crippen molar-refractivity contribution >= 4 is 11.6 Å². The van der Waals surface area contributed by atoms with Gasteiger partial charge in [0, 0.05) is 5.69 Å². The second kappa shape index (κ2) is 4.25. The Morgan fingerprint density at radius 3 is 2.88 bits per heavy atom. The summed E-state index contributed by atoms with van der Waals surface area (Å²) < 4.78 is 27.4. The molecule has 5 nitrogen and oxygen atoms in total. The van der Waals surface area contributed by atoms with Gasteiger partial charge in [0.15, 0.2) is 5.65 Å². The van der Waals surface area contributed by atoms with E-state index in [4.69, 9.17) is 5.73 Å². The smallest absolute Gasteiger partial charge is 0.277 e. The van der Waals surface area contributed by atoms with E-state index in [1.807, 2.05) is 19.1 Å². The van der Waals surface area contributed by atoms with E-state index in [9.17, 15) is 8.78 Å². The zero-order valence-electron chi connectivity index (χ0n) is 9.32. The Hall–Kier alpha value is -1.76. The van der Waals surface area contributed by atoms with Crippen LogP contribution in [0.1, 0.15) is 5.69 Å². The highest BCUT2D eigenvalue weighted by atomic mass is 19.3. The third-order valence-electron chi connectivity index (χ3n) is 2.35. The summed E-state index contributed by atoms with van der Waals surface area (Å²) in [6.07, 6.45) is 0. The van der Waals surface area contributed by atoms with E-state index in [1.165, 1.54) is 0 Å². The van der Waals surface area contributed by atoms with Crippen LogP contribution in [0, 0.1) is 6.92 Å². The zero-order chi connectivity index (χ0) is 12.5. The molecule has 0 bridgehead atoms. The van der Waals surface area contributed by atoms with Crippen LogP contribution in [0.2, 0.25) is 0 Å². The molecule has 2 heterocycles. The van der Waals surface area contributed by atoms with Crippen LogP contribution in [-0.4, -0.2) is 33.6 Å². The van der Waals surface area contributed by atoms with Crippen LogP contribution in [-0.2, 0) is 0 Å². The fourth-order valence-corrected chi connectivity index (χ4v) is 1.39. The van der Waals surface area contributed by atoms with Crippen molar-refractivity contribution in [3.63, 3.8) is 0 Å². The minimum Gasteiger partial charge on any atom is -0.347 e. The van der Waals surface area contributed by atoms with Crippen LogP contribution in [0.4, 0.5) is 14.7 Å². The molecule has 2 aromatic heterocycles. The minimum absolute atomic E-state index is 0.174. The van der Waals surface area contributed by atoms with Gasteiger partial charge < -0.3 is 11.1 Å². The maximum absolute atomic E-state index is 12.9. The molecule has 0 aliphatic heterocycles. The number of hydrogen-bond acceptors (Lipinski definition) is 4. The number of pyridine rings is 1. The molecule has 0 aliphatic carbocycles. The lowest BCUT2D eigenvalue weighted by molar-refractivity contribution is 0.0252. The number of rotatable bonds is 4. The van der Waals surface area contributed by atoms with Crippen LogP contribution in [0.15, 0.2) is 18.2 Å². The maximum Gasteiger partial charge on any atom is 0.277 e. The molecule has 0 aromatic carbocycles. The third-order valence-corrected chi connectivity index (χ3v) is 2.35. The number of fused-ring (bicyclic) bond motifs is 1. The van der Waals surface area contributed by atoms with Crippen LogP contribution in [0.5, 0.6) is 0 Å². The number of nitrogens with two attached hydrogens (primary N) is 1. The SMILES string of the molecule is Cc1cccc2nc(NCC(F)(F)CN)nn12. The summed E-state index contributed by atoms with van der Waals surface area (Å²) in [6, 6.07) is 5.45. The first-order valence-corrected chi connectivity index (χ1v) is 5.16. The van der Waals surface area contributed by atoms with E-state index in [1.54, 1.807) is 10.6 Å². The minimum atomic E-state index is -2.95. The van der Waals surface area contributed by atoms with Gasteiger partial charge in [-0.3, -0.25) is 0 Å². The molecule has 92 valence electrons. The monoisotopic (exact) mass is 241 g/mol. The summed E-state index contributed by atoms with van der Waals surface area (Å²) in [4.78, 5) is 4.08. The normalized spacial score (nSPS) is 12.0. The summed E-state index contributed by atoms with van der Waals surface area (Å²) in [6.45, 7) is 0.589. The first kappa shape index (κ1) is 11.7. The number of aromatic nitrogens is 3. The number of nitrogens with one attached hydrogen (secondary N) is 1. The predicted molar refractivity (Wildman–Crippen MR) is 60.2 cm³/mol. The van der Waals surface area contributed by atoms with Gasteiger partial charge in [0.25, 0.3) is 5.92 Å². The highest BCUT2D eigenvalue weighted by Gasteiger charge is 2.26. The number of anilines is 1. The number of hydrogen-bond donors (Lipinski definition) is 2. The highest BCUT2D eigenvalue weighted by molar-refractivity contribution is 5.44. The molecule has 2 rings (SSSR count). The lowest BCUT2D eigenvalue weighted by Gasteiger charge is -2.12. The number of alkyl halides is 2. The molecule has 0 fully saturated rings. The molecule has 7 heteroatoms. The number of aryl methyl sites for hydroxylation is 1. The number of halogens is 2. The standard InChI is InChI=1S/C10H13F2N5/c1-7-3-2-4-8-15-9(16-17(7)8)14-6-10(11,12)5-13/h2-4H,5-6,13H2,1H3,(H,14,16). The molecule has 0 radical (unpaired) electrons. The van der Waals surface area contributed by atoms with E-state index >= 15 is 0 Å². The Bertz CT molecular complexity index is 522. The Morgan fingerprint density at radius 2 is 2.24 bits per heavy atom. The molecule has 0 amide bonds. The van der Waals surface area contributed by atoms with Crippen molar-refractivity contribution in [2.75, 3.05) is 18.4 Å². The Morgan fingerprint density at radius 1 is 1.47 bits per heavy atom. The van der Waals surface area contributed by atoms with E-state index in [-0.39, 0.29) is 5.95 Å². The van der Waals surface area contributed by atoms with Gasteiger partial charge in [0.05, 0.1) is 13.1 Å². The van der Waals surface area contributed by atoms with Crippen LogP contribution in [0.3, 0.4) is 0 Å². The van der Waals surface area contributed by atoms with Gasteiger partial charge >= 0.3 is 0 Å². The highest BCUT2D eigenvalue weighted by Crippen LogP contribution is 2.13. The Balaban J connectivity index is 2.18. The largest absolute Gasteiger partial charge is 0.347 e. The number of nitrogens with zero attached hydrogens (tertiary/aromatic N) is 3. The van der Waals surface area contributed by atoms with E-state index in [0.29, 0.717) is 5.65 Å². The van der Waals surface area contributed by atoms with E-state index < -0.39 is 19.0 Å². The van der Waals surface area contributed by atoms with Crippen molar-refractivity contribution in [1.29, 1.82) is 0 Å². The van der Waals surface area contributed by atoms with Crippen LogP contribution < -0.4 is 11.1 Å². The molecule has 0 atom stereocenters. The molecule has 0 unspecified atom stereocenters. The van der Waals surface area contributed by atoms with Crippen LogP contribution in [0.25, 0.3) is 5.65 Å². The molecule has 17 heavy (non-hydrogen) atoms. The fourth-order valence-electron chi connectivity index (χ4n) is 1.39. The van der Waals surface area contributed by atoms with Gasteiger partial charge in [-0.1, -0.05) is 6.07 Å². The predicted octanol–water partition coefficient (Wildman–Crippen LogP) is 1.04. The summed E-state index contributed by atoms with van der Waals surface area (Å²) in [5.41, 5.74) is 6.43. The second-order valence-electron chi connectivity index (χ2n) is 3.79. The first-order valence-electron chi connectivity index (χ1n) is 5.16. The molecule has 0 saturated carbocycles. The van der Waals surface area contributed by atoms with E-state index in [2.05, 4.69) is 15.4 Å². The topological polar surface area (TPSA) is 68.2 Å². The van der Waals surface area contributed by atoms with E-state index in [0.717, 1.165) is 5.69 Å². The molecule has 0 aliphatic rings. The van der Waals surface area contributed by atoms with Gasteiger partial charge in [0.1, 0.15) is 0 Å². The Kier molecular flexibility index (Phi) is 2.93. The molecule has 0 spiro atoms. The quantitative estimate of drug-likeness (QED) is 0.839.